The molecule has 1 atom stereocenters. The van der Waals surface area contributed by atoms with Crippen LogP contribution in [0.25, 0.3) is 11.0 Å². The van der Waals surface area contributed by atoms with E-state index in [-0.39, 0.29) is 11.9 Å². The number of carbonyl (C=O) groups excluding carboxylic acids is 1. The predicted octanol–water partition coefficient (Wildman–Crippen LogP) is 3.61. The number of hydrogen-bond acceptors (Lipinski definition) is 3. The summed E-state index contributed by atoms with van der Waals surface area (Å²) >= 11 is 0. The molecule has 1 amide bonds. The molecule has 0 bridgehead atoms. The van der Waals surface area contributed by atoms with Gasteiger partial charge in [0.15, 0.2) is 0 Å². The van der Waals surface area contributed by atoms with E-state index in [1.807, 2.05) is 47.4 Å². The number of para-hydroxylation sites is 2. The summed E-state index contributed by atoms with van der Waals surface area (Å²) in [4.78, 5) is 23.7. The first-order valence-corrected chi connectivity index (χ1v) is 7.90. The molecule has 4 rings (SSSR count). The Morgan fingerprint density at radius 1 is 1.00 bits per heavy atom. The molecule has 1 fully saturated rings. The van der Waals surface area contributed by atoms with Crippen molar-refractivity contribution in [1.82, 2.24) is 14.9 Å². The molecule has 1 aliphatic rings. The summed E-state index contributed by atoms with van der Waals surface area (Å²) in [7, 11) is 0. The predicted molar refractivity (Wildman–Crippen MR) is 89.0 cm³/mol. The summed E-state index contributed by atoms with van der Waals surface area (Å²) in [5.74, 6) is -0.0328. The fourth-order valence-electron chi connectivity index (χ4n) is 3.24. The molecule has 2 heterocycles. The zero-order chi connectivity index (χ0) is 15.6. The number of rotatable bonds is 2. The number of likely N-dealkylation sites (tertiary alicyclic amines) is 1. The highest BCUT2D eigenvalue weighted by atomic mass is 16.2. The fourth-order valence-corrected chi connectivity index (χ4v) is 3.24. The van der Waals surface area contributed by atoms with Crippen LogP contribution in [0.3, 0.4) is 0 Å². The molecule has 0 N–H and O–H groups in total. The molecule has 0 radical (unpaired) electrons. The number of nitrogens with zero attached hydrogens (tertiary/aromatic N) is 3. The van der Waals surface area contributed by atoms with E-state index in [9.17, 15) is 4.79 Å². The SMILES string of the molecule is O=C(c1cnc2ccccc2n1)N1CCC[C@@H]1c1ccccc1. The molecule has 1 aromatic heterocycles. The van der Waals surface area contributed by atoms with E-state index in [0.29, 0.717) is 5.69 Å². The Hall–Kier alpha value is -2.75. The number of amides is 1. The van der Waals surface area contributed by atoms with Crippen LogP contribution in [0.15, 0.2) is 60.8 Å². The zero-order valence-electron chi connectivity index (χ0n) is 12.7. The molecule has 0 spiro atoms. The molecular weight excluding hydrogens is 286 g/mol. The standard InChI is InChI=1S/C19H17N3O/c23-19(17-13-20-15-9-4-5-10-16(15)21-17)22-12-6-11-18(22)14-7-2-1-3-8-14/h1-5,7-10,13,18H,6,11-12H2/t18-/m1/s1. The lowest BCUT2D eigenvalue weighted by atomic mass is 10.0. The molecule has 0 aliphatic carbocycles. The summed E-state index contributed by atoms with van der Waals surface area (Å²) in [5, 5.41) is 0. The smallest absolute Gasteiger partial charge is 0.274 e. The highest BCUT2D eigenvalue weighted by Gasteiger charge is 2.31. The van der Waals surface area contributed by atoms with Gasteiger partial charge < -0.3 is 4.90 Å². The summed E-state index contributed by atoms with van der Waals surface area (Å²) in [6.45, 7) is 0.771. The molecule has 2 aromatic carbocycles. The van der Waals surface area contributed by atoms with E-state index >= 15 is 0 Å². The van der Waals surface area contributed by atoms with Gasteiger partial charge in [-0.1, -0.05) is 42.5 Å². The quantitative estimate of drug-likeness (QED) is 0.726. The third-order valence-electron chi connectivity index (χ3n) is 4.37. The van der Waals surface area contributed by atoms with Gasteiger partial charge in [-0.2, -0.15) is 0 Å². The van der Waals surface area contributed by atoms with Gasteiger partial charge in [0.05, 0.1) is 23.3 Å². The Morgan fingerprint density at radius 3 is 2.57 bits per heavy atom. The molecular formula is C19H17N3O. The van der Waals surface area contributed by atoms with Crippen molar-refractivity contribution >= 4 is 16.9 Å². The molecule has 23 heavy (non-hydrogen) atoms. The second-order valence-electron chi connectivity index (χ2n) is 5.81. The first-order chi connectivity index (χ1) is 11.3. The number of hydrogen-bond donors (Lipinski definition) is 0. The maximum absolute atomic E-state index is 12.9. The Labute approximate surface area is 134 Å². The largest absolute Gasteiger partial charge is 0.330 e. The van der Waals surface area contributed by atoms with Gasteiger partial charge in [-0.15, -0.1) is 0 Å². The van der Waals surface area contributed by atoms with Crippen molar-refractivity contribution in [3.05, 3.63) is 72.1 Å². The van der Waals surface area contributed by atoms with Crippen molar-refractivity contribution in [3.8, 4) is 0 Å². The third kappa shape index (κ3) is 2.57. The lowest BCUT2D eigenvalue weighted by Crippen LogP contribution is -2.31. The Morgan fingerprint density at radius 2 is 1.74 bits per heavy atom. The maximum Gasteiger partial charge on any atom is 0.274 e. The number of benzene rings is 2. The number of carbonyl (C=O) groups is 1. The van der Waals surface area contributed by atoms with Gasteiger partial charge in [0.1, 0.15) is 5.69 Å². The van der Waals surface area contributed by atoms with Crippen molar-refractivity contribution < 1.29 is 4.79 Å². The van der Waals surface area contributed by atoms with Crippen molar-refractivity contribution in [1.29, 1.82) is 0 Å². The third-order valence-corrected chi connectivity index (χ3v) is 4.37. The Kier molecular flexibility index (Phi) is 3.50. The average molecular weight is 303 g/mol. The molecule has 0 saturated carbocycles. The highest BCUT2D eigenvalue weighted by Crippen LogP contribution is 2.32. The van der Waals surface area contributed by atoms with Gasteiger partial charge in [0, 0.05) is 6.54 Å². The minimum Gasteiger partial charge on any atom is -0.330 e. The van der Waals surface area contributed by atoms with Crippen molar-refractivity contribution in [2.24, 2.45) is 0 Å². The van der Waals surface area contributed by atoms with Crippen LogP contribution < -0.4 is 0 Å². The minimum atomic E-state index is -0.0328. The summed E-state index contributed by atoms with van der Waals surface area (Å²) < 4.78 is 0. The van der Waals surface area contributed by atoms with Crippen LogP contribution in [0.5, 0.6) is 0 Å². The maximum atomic E-state index is 12.9. The first-order valence-electron chi connectivity index (χ1n) is 7.90. The van der Waals surface area contributed by atoms with E-state index in [2.05, 4.69) is 22.1 Å². The average Bonchev–Trinajstić information content (AvgIpc) is 3.11. The topological polar surface area (TPSA) is 46.1 Å². The summed E-state index contributed by atoms with van der Waals surface area (Å²) in [6.07, 6.45) is 3.61. The van der Waals surface area contributed by atoms with Crippen LogP contribution >= 0.6 is 0 Å². The van der Waals surface area contributed by atoms with Crippen LogP contribution in [0.1, 0.15) is 34.9 Å². The van der Waals surface area contributed by atoms with Crippen LogP contribution in [0.2, 0.25) is 0 Å². The molecule has 114 valence electrons. The first kappa shape index (κ1) is 13.9. The number of aromatic nitrogens is 2. The monoisotopic (exact) mass is 303 g/mol. The van der Waals surface area contributed by atoms with E-state index in [1.54, 1.807) is 6.20 Å². The fraction of sp³-hybridized carbons (Fsp3) is 0.211. The van der Waals surface area contributed by atoms with E-state index in [1.165, 1.54) is 5.56 Å². The van der Waals surface area contributed by atoms with Crippen LogP contribution in [-0.2, 0) is 0 Å². The van der Waals surface area contributed by atoms with Crippen molar-refractivity contribution in [2.45, 2.75) is 18.9 Å². The highest BCUT2D eigenvalue weighted by molar-refractivity contribution is 5.94. The van der Waals surface area contributed by atoms with Crippen LogP contribution in [-0.4, -0.2) is 27.3 Å². The Balaban J connectivity index is 1.66. The van der Waals surface area contributed by atoms with Crippen molar-refractivity contribution in [3.63, 3.8) is 0 Å². The van der Waals surface area contributed by atoms with Gasteiger partial charge in [-0.25, -0.2) is 4.98 Å². The normalized spacial score (nSPS) is 17.6. The summed E-state index contributed by atoms with van der Waals surface area (Å²) in [5.41, 5.74) is 3.18. The lowest BCUT2D eigenvalue weighted by Gasteiger charge is -2.24. The van der Waals surface area contributed by atoms with E-state index < -0.39 is 0 Å². The van der Waals surface area contributed by atoms with Crippen LogP contribution in [0, 0.1) is 0 Å². The molecule has 4 nitrogen and oxygen atoms in total. The summed E-state index contributed by atoms with van der Waals surface area (Å²) in [6, 6.07) is 18.0. The molecule has 3 aromatic rings. The molecule has 4 heteroatoms. The Bertz CT molecular complexity index is 847. The second-order valence-corrected chi connectivity index (χ2v) is 5.81. The van der Waals surface area contributed by atoms with E-state index in [0.717, 1.165) is 30.4 Å². The lowest BCUT2D eigenvalue weighted by molar-refractivity contribution is 0.0729. The number of fused-ring (bicyclic) bond motifs is 1. The van der Waals surface area contributed by atoms with Gasteiger partial charge >= 0.3 is 0 Å². The zero-order valence-corrected chi connectivity index (χ0v) is 12.7. The van der Waals surface area contributed by atoms with Crippen molar-refractivity contribution in [2.75, 3.05) is 6.54 Å². The van der Waals surface area contributed by atoms with Gasteiger partial charge in [0.2, 0.25) is 0 Å². The van der Waals surface area contributed by atoms with Crippen LogP contribution in [0.4, 0.5) is 0 Å². The van der Waals surface area contributed by atoms with Gasteiger partial charge in [-0.05, 0) is 30.5 Å². The molecule has 1 saturated heterocycles. The minimum absolute atomic E-state index is 0.0328. The van der Waals surface area contributed by atoms with Gasteiger partial charge in [-0.3, -0.25) is 9.78 Å². The molecule has 0 unspecified atom stereocenters. The molecule has 1 aliphatic heterocycles. The van der Waals surface area contributed by atoms with E-state index in [4.69, 9.17) is 0 Å². The van der Waals surface area contributed by atoms with Gasteiger partial charge in [0.25, 0.3) is 5.91 Å². The second kappa shape index (κ2) is 5.80.